The molecule has 1 unspecified atom stereocenters. The Morgan fingerprint density at radius 2 is 1.70 bits per heavy atom. The van der Waals surface area contributed by atoms with Gasteiger partial charge in [-0.05, 0) is 63.2 Å². The normalized spacial score (nSPS) is 17.1. The molecule has 7 heteroatoms. The number of amides is 1. The lowest BCUT2D eigenvalue weighted by Crippen LogP contribution is -2.29. The molecule has 188 valence electrons. The van der Waals surface area contributed by atoms with E-state index in [1.807, 2.05) is 45.0 Å². The third-order valence-electron chi connectivity index (χ3n) is 6.49. The maximum atomic E-state index is 13.5. The zero-order valence-corrected chi connectivity index (χ0v) is 21.1. The van der Waals surface area contributed by atoms with Gasteiger partial charge in [-0.1, -0.05) is 24.3 Å². The summed E-state index contributed by atoms with van der Waals surface area (Å²) >= 11 is 0. The number of nitrogens with zero attached hydrogens (tertiary/aromatic N) is 1. The minimum absolute atomic E-state index is 0.00233. The van der Waals surface area contributed by atoms with E-state index in [-0.39, 0.29) is 17.4 Å². The smallest absolute Gasteiger partial charge is 0.300 e. The Morgan fingerprint density at radius 3 is 2.41 bits per heavy atom. The number of benzene rings is 3. The molecule has 2 N–H and O–H groups in total. The second-order valence-electron chi connectivity index (χ2n) is 9.27. The number of nitrogens with one attached hydrogen (secondary N) is 1. The Bertz CT molecular complexity index is 1530. The number of ketones is 1. The van der Waals surface area contributed by atoms with E-state index in [0.29, 0.717) is 22.7 Å². The molecule has 37 heavy (non-hydrogen) atoms. The highest BCUT2D eigenvalue weighted by Gasteiger charge is 2.48. The third kappa shape index (κ3) is 4.22. The van der Waals surface area contributed by atoms with Crippen molar-refractivity contribution in [1.29, 1.82) is 0 Å². The van der Waals surface area contributed by atoms with Crippen LogP contribution in [0.5, 0.6) is 11.5 Å². The van der Waals surface area contributed by atoms with E-state index in [1.165, 1.54) is 4.90 Å². The molecular weight excluding hydrogens is 468 g/mol. The van der Waals surface area contributed by atoms with Crippen LogP contribution in [0.4, 0.5) is 5.69 Å². The number of aromatic amines is 1. The number of anilines is 1. The first-order valence-electron chi connectivity index (χ1n) is 12.1. The number of Topliss-reactive ketones (excluding diaryl/α,β-unsaturated/α-hetero) is 1. The molecule has 0 bridgehead atoms. The van der Waals surface area contributed by atoms with Crippen molar-refractivity contribution in [1.82, 2.24) is 4.98 Å². The number of methoxy groups -OCH3 is 1. The van der Waals surface area contributed by atoms with Gasteiger partial charge in [0.25, 0.3) is 11.7 Å². The van der Waals surface area contributed by atoms with Crippen LogP contribution < -0.4 is 14.4 Å². The predicted molar refractivity (Wildman–Crippen MR) is 143 cm³/mol. The van der Waals surface area contributed by atoms with Crippen LogP contribution in [0.25, 0.3) is 16.7 Å². The van der Waals surface area contributed by atoms with E-state index >= 15 is 0 Å². The number of aliphatic hydroxyl groups excluding tert-OH is 1. The first-order valence-corrected chi connectivity index (χ1v) is 12.1. The molecule has 1 amide bonds. The maximum absolute atomic E-state index is 13.5. The molecule has 2 heterocycles. The molecule has 4 aromatic rings. The Balaban J connectivity index is 1.74. The zero-order chi connectivity index (χ0) is 26.3. The van der Waals surface area contributed by atoms with E-state index in [9.17, 15) is 14.7 Å². The van der Waals surface area contributed by atoms with Gasteiger partial charge in [-0.15, -0.1) is 0 Å². The fourth-order valence-corrected chi connectivity index (χ4v) is 4.90. The summed E-state index contributed by atoms with van der Waals surface area (Å²) in [4.78, 5) is 31.9. The fraction of sp³-hybridized carbons (Fsp3) is 0.200. The summed E-state index contributed by atoms with van der Waals surface area (Å²) in [5.74, 6) is -0.516. The predicted octanol–water partition coefficient (Wildman–Crippen LogP) is 5.90. The van der Waals surface area contributed by atoms with Gasteiger partial charge in [-0.3, -0.25) is 14.5 Å². The topological polar surface area (TPSA) is 91.9 Å². The van der Waals surface area contributed by atoms with Crippen LogP contribution in [0, 0.1) is 6.92 Å². The van der Waals surface area contributed by atoms with Gasteiger partial charge < -0.3 is 19.6 Å². The van der Waals surface area contributed by atoms with Gasteiger partial charge >= 0.3 is 0 Å². The van der Waals surface area contributed by atoms with Crippen molar-refractivity contribution < 1.29 is 24.2 Å². The standard InChI is InChI=1S/C30H28N2O5/c1-17(2)37-21-14-12-19(13-15-21)28(33)26-27(25-18(3)31-24-11-6-5-10-23(24)25)32(30(35)29(26)34)20-8-7-9-22(16-20)36-4/h5-17,27,31,33H,1-4H3/b28-26+. The highest BCUT2D eigenvalue weighted by atomic mass is 16.5. The summed E-state index contributed by atoms with van der Waals surface area (Å²) in [5.41, 5.74) is 3.37. The summed E-state index contributed by atoms with van der Waals surface area (Å²) in [6.07, 6.45) is -0.00233. The second kappa shape index (κ2) is 9.50. The van der Waals surface area contributed by atoms with Crippen LogP contribution in [0.15, 0.2) is 78.4 Å². The van der Waals surface area contributed by atoms with E-state index < -0.39 is 17.7 Å². The quantitative estimate of drug-likeness (QED) is 0.197. The van der Waals surface area contributed by atoms with Crippen LogP contribution in [-0.2, 0) is 9.59 Å². The van der Waals surface area contributed by atoms with E-state index in [1.54, 1.807) is 55.6 Å². The number of ether oxygens (including phenoxy) is 2. The molecule has 3 aromatic carbocycles. The highest BCUT2D eigenvalue weighted by molar-refractivity contribution is 6.52. The van der Waals surface area contributed by atoms with Crippen molar-refractivity contribution >= 4 is 34.0 Å². The molecule has 0 radical (unpaired) electrons. The second-order valence-corrected chi connectivity index (χ2v) is 9.27. The summed E-state index contributed by atoms with van der Waals surface area (Å²) in [6.45, 7) is 5.76. The lowest BCUT2D eigenvalue weighted by atomic mass is 9.93. The largest absolute Gasteiger partial charge is 0.507 e. The van der Waals surface area contributed by atoms with Gasteiger partial charge in [-0.25, -0.2) is 0 Å². The Hall–Kier alpha value is -4.52. The van der Waals surface area contributed by atoms with Crippen molar-refractivity contribution in [2.24, 2.45) is 0 Å². The van der Waals surface area contributed by atoms with E-state index in [0.717, 1.165) is 22.2 Å². The summed E-state index contributed by atoms with van der Waals surface area (Å²) in [5, 5.41) is 12.4. The molecule has 1 aromatic heterocycles. The number of aryl methyl sites for hydroxylation is 1. The third-order valence-corrected chi connectivity index (χ3v) is 6.49. The van der Waals surface area contributed by atoms with Crippen molar-refractivity contribution in [3.8, 4) is 11.5 Å². The molecule has 0 aliphatic carbocycles. The minimum Gasteiger partial charge on any atom is -0.507 e. The SMILES string of the molecule is COc1cccc(N2C(=O)C(=O)/C(=C(/O)c3ccc(OC(C)C)cc3)C2c2c(C)[nH]c3ccccc23)c1. The molecule has 1 aliphatic heterocycles. The molecule has 0 spiro atoms. The van der Waals surface area contributed by atoms with Crippen LogP contribution in [-0.4, -0.2) is 35.0 Å². The number of rotatable bonds is 6. The Kier molecular flexibility index (Phi) is 6.21. The number of carbonyl (C=O) groups excluding carboxylic acids is 2. The number of carbonyl (C=O) groups is 2. The molecular formula is C30H28N2O5. The number of fused-ring (bicyclic) bond motifs is 1. The van der Waals surface area contributed by atoms with Crippen molar-refractivity contribution in [2.75, 3.05) is 12.0 Å². The van der Waals surface area contributed by atoms with Crippen LogP contribution in [0.3, 0.4) is 0 Å². The van der Waals surface area contributed by atoms with Crippen LogP contribution in [0.2, 0.25) is 0 Å². The molecule has 1 aliphatic rings. The number of hydrogen-bond donors (Lipinski definition) is 2. The van der Waals surface area contributed by atoms with Gasteiger partial charge in [0.05, 0.1) is 24.8 Å². The van der Waals surface area contributed by atoms with Gasteiger partial charge in [0, 0.05) is 39.5 Å². The van der Waals surface area contributed by atoms with Crippen molar-refractivity contribution in [3.63, 3.8) is 0 Å². The number of aromatic nitrogens is 1. The highest BCUT2D eigenvalue weighted by Crippen LogP contribution is 2.46. The summed E-state index contributed by atoms with van der Waals surface area (Å²) < 4.78 is 11.1. The first kappa shape index (κ1) is 24.2. The molecule has 1 saturated heterocycles. The monoisotopic (exact) mass is 496 g/mol. The Labute approximate surface area is 214 Å². The zero-order valence-electron chi connectivity index (χ0n) is 21.1. The van der Waals surface area contributed by atoms with Crippen molar-refractivity contribution in [2.45, 2.75) is 32.9 Å². The summed E-state index contributed by atoms with van der Waals surface area (Å²) in [7, 11) is 1.54. The van der Waals surface area contributed by atoms with Gasteiger partial charge in [0.2, 0.25) is 0 Å². The summed E-state index contributed by atoms with van der Waals surface area (Å²) in [6, 6.07) is 20.7. The lowest BCUT2D eigenvalue weighted by molar-refractivity contribution is -0.132. The minimum atomic E-state index is -0.852. The fourth-order valence-electron chi connectivity index (χ4n) is 4.90. The number of hydrogen-bond acceptors (Lipinski definition) is 5. The van der Waals surface area contributed by atoms with Crippen molar-refractivity contribution in [3.05, 3.63) is 95.2 Å². The van der Waals surface area contributed by atoms with Gasteiger partial charge in [-0.2, -0.15) is 0 Å². The van der Waals surface area contributed by atoms with E-state index in [2.05, 4.69) is 4.98 Å². The number of aliphatic hydroxyl groups is 1. The Morgan fingerprint density at radius 1 is 0.973 bits per heavy atom. The van der Waals surface area contributed by atoms with Crippen LogP contribution >= 0.6 is 0 Å². The number of H-pyrrole nitrogens is 1. The van der Waals surface area contributed by atoms with E-state index in [4.69, 9.17) is 9.47 Å². The molecule has 0 saturated carbocycles. The average Bonchev–Trinajstić information content (AvgIpc) is 3.35. The van der Waals surface area contributed by atoms with Gasteiger partial charge in [0.15, 0.2) is 0 Å². The molecule has 7 nitrogen and oxygen atoms in total. The lowest BCUT2D eigenvalue weighted by Gasteiger charge is -2.26. The molecule has 5 rings (SSSR count). The van der Waals surface area contributed by atoms with Crippen LogP contribution in [0.1, 0.15) is 36.7 Å². The number of para-hydroxylation sites is 1. The average molecular weight is 497 g/mol. The molecule has 1 fully saturated rings. The molecule has 1 atom stereocenters. The first-order chi connectivity index (χ1) is 17.8. The maximum Gasteiger partial charge on any atom is 0.300 e. The van der Waals surface area contributed by atoms with Gasteiger partial charge in [0.1, 0.15) is 17.3 Å².